The monoisotopic (exact) mass is 242 g/mol. The third-order valence-electron chi connectivity index (χ3n) is 2.10. The summed E-state index contributed by atoms with van der Waals surface area (Å²) in [6.07, 6.45) is 0. The molecular weight excluding hydrogens is 228 g/mol. The first-order chi connectivity index (χ1) is 7.30. The molecule has 1 rings (SSSR count). The third-order valence-corrected chi connectivity index (χ3v) is 2.34. The lowest BCUT2D eigenvalue weighted by molar-refractivity contribution is -0.139. The molecule has 0 aromatic heterocycles. The standard InChI is InChI=1S/C12H15ClO3/c1-12(2,3)9-6-8(13)4-5-10(9)16-7-11(14)15/h4-6H,7H2,1-3H3,(H,14,15). The first-order valence-electron chi connectivity index (χ1n) is 4.95. The van der Waals surface area contributed by atoms with Gasteiger partial charge >= 0.3 is 5.97 Å². The van der Waals surface area contributed by atoms with E-state index in [-0.39, 0.29) is 12.0 Å². The van der Waals surface area contributed by atoms with Crippen LogP contribution in [0.4, 0.5) is 0 Å². The van der Waals surface area contributed by atoms with Gasteiger partial charge in [0, 0.05) is 10.6 Å². The highest BCUT2D eigenvalue weighted by Gasteiger charge is 2.19. The highest BCUT2D eigenvalue weighted by Crippen LogP contribution is 2.33. The predicted octanol–water partition coefficient (Wildman–Crippen LogP) is 3.10. The van der Waals surface area contributed by atoms with Crippen molar-refractivity contribution in [3.05, 3.63) is 28.8 Å². The molecule has 0 amide bonds. The molecule has 0 fully saturated rings. The molecule has 4 heteroatoms. The number of rotatable bonds is 3. The van der Waals surface area contributed by atoms with Crippen LogP contribution in [0.2, 0.25) is 5.02 Å². The van der Waals surface area contributed by atoms with E-state index in [1.807, 2.05) is 20.8 Å². The van der Waals surface area contributed by atoms with Crippen LogP contribution in [0.25, 0.3) is 0 Å². The van der Waals surface area contributed by atoms with Crippen LogP contribution in [0.5, 0.6) is 5.75 Å². The molecule has 0 aliphatic carbocycles. The predicted molar refractivity (Wildman–Crippen MR) is 63.3 cm³/mol. The van der Waals surface area contributed by atoms with Crippen molar-refractivity contribution in [2.75, 3.05) is 6.61 Å². The number of ether oxygens (including phenoxy) is 1. The molecule has 0 radical (unpaired) electrons. The van der Waals surface area contributed by atoms with Crippen LogP contribution >= 0.6 is 11.6 Å². The second-order valence-corrected chi connectivity index (χ2v) is 5.01. The van der Waals surface area contributed by atoms with Crippen molar-refractivity contribution in [3.8, 4) is 5.75 Å². The molecule has 0 atom stereocenters. The topological polar surface area (TPSA) is 46.5 Å². The lowest BCUT2D eigenvalue weighted by Crippen LogP contribution is -2.16. The Hall–Kier alpha value is -1.22. The van der Waals surface area contributed by atoms with E-state index in [0.29, 0.717) is 10.8 Å². The van der Waals surface area contributed by atoms with Crippen molar-refractivity contribution < 1.29 is 14.6 Å². The fraction of sp³-hybridized carbons (Fsp3) is 0.417. The van der Waals surface area contributed by atoms with Gasteiger partial charge in [-0.05, 0) is 23.6 Å². The zero-order chi connectivity index (χ0) is 12.3. The molecule has 0 heterocycles. The van der Waals surface area contributed by atoms with Gasteiger partial charge < -0.3 is 9.84 Å². The number of carboxylic acid groups (broad SMARTS) is 1. The van der Waals surface area contributed by atoms with Gasteiger partial charge in [-0.2, -0.15) is 0 Å². The van der Waals surface area contributed by atoms with Crippen molar-refractivity contribution >= 4 is 17.6 Å². The van der Waals surface area contributed by atoms with Gasteiger partial charge in [0.1, 0.15) is 5.75 Å². The molecule has 16 heavy (non-hydrogen) atoms. The average molecular weight is 243 g/mol. The maximum atomic E-state index is 10.4. The quantitative estimate of drug-likeness (QED) is 0.886. The summed E-state index contributed by atoms with van der Waals surface area (Å²) in [6.45, 7) is 5.72. The molecule has 1 aromatic rings. The fourth-order valence-corrected chi connectivity index (χ4v) is 1.53. The number of hydrogen-bond donors (Lipinski definition) is 1. The minimum Gasteiger partial charge on any atom is -0.482 e. The van der Waals surface area contributed by atoms with Gasteiger partial charge in [-0.25, -0.2) is 4.79 Å². The first kappa shape index (κ1) is 12.8. The van der Waals surface area contributed by atoms with E-state index in [0.717, 1.165) is 5.56 Å². The second kappa shape index (κ2) is 4.74. The van der Waals surface area contributed by atoms with Crippen molar-refractivity contribution in [1.29, 1.82) is 0 Å². The number of carboxylic acids is 1. The Bertz CT molecular complexity index is 394. The van der Waals surface area contributed by atoms with Gasteiger partial charge in [-0.15, -0.1) is 0 Å². The zero-order valence-electron chi connectivity index (χ0n) is 9.58. The Balaban J connectivity index is 3.03. The Morgan fingerprint density at radius 1 is 1.44 bits per heavy atom. The molecule has 1 aromatic carbocycles. The molecule has 1 N–H and O–H groups in total. The normalized spacial score (nSPS) is 11.2. The Morgan fingerprint density at radius 3 is 2.56 bits per heavy atom. The number of aliphatic carboxylic acids is 1. The highest BCUT2D eigenvalue weighted by atomic mass is 35.5. The summed E-state index contributed by atoms with van der Waals surface area (Å²) >= 11 is 5.91. The lowest BCUT2D eigenvalue weighted by Gasteiger charge is -2.22. The SMILES string of the molecule is CC(C)(C)c1cc(Cl)ccc1OCC(=O)O. The van der Waals surface area contributed by atoms with Gasteiger partial charge in [0.25, 0.3) is 0 Å². The van der Waals surface area contributed by atoms with Crippen LogP contribution in [0.15, 0.2) is 18.2 Å². The van der Waals surface area contributed by atoms with Gasteiger partial charge in [-0.1, -0.05) is 32.4 Å². The number of hydrogen-bond acceptors (Lipinski definition) is 2. The smallest absolute Gasteiger partial charge is 0.341 e. The molecule has 0 spiro atoms. The van der Waals surface area contributed by atoms with Crippen molar-refractivity contribution in [3.63, 3.8) is 0 Å². The van der Waals surface area contributed by atoms with E-state index >= 15 is 0 Å². The van der Waals surface area contributed by atoms with E-state index < -0.39 is 5.97 Å². The van der Waals surface area contributed by atoms with E-state index in [2.05, 4.69) is 0 Å². The zero-order valence-corrected chi connectivity index (χ0v) is 10.3. The summed E-state index contributed by atoms with van der Waals surface area (Å²) in [4.78, 5) is 10.4. The summed E-state index contributed by atoms with van der Waals surface area (Å²) in [5.74, 6) is -0.422. The highest BCUT2D eigenvalue weighted by molar-refractivity contribution is 6.30. The molecule has 0 aliphatic heterocycles. The lowest BCUT2D eigenvalue weighted by atomic mass is 9.86. The maximum Gasteiger partial charge on any atom is 0.341 e. The van der Waals surface area contributed by atoms with Crippen LogP contribution in [-0.4, -0.2) is 17.7 Å². The van der Waals surface area contributed by atoms with Crippen molar-refractivity contribution in [2.45, 2.75) is 26.2 Å². The Labute approximate surface area is 100.0 Å². The molecule has 0 saturated carbocycles. The largest absolute Gasteiger partial charge is 0.482 e. The average Bonchev–Trinajstić information content (AvgIpc) is 2.14. The van der Waals surface area contributed by atoms with Crippen LogP contribution in [0.3, 0.4) is 0 Å². The molecule has 0 unspecified atom stereocenters. The maximum absolute atomic E-state index is 10.4. The summed E-state index contributed by atoms with van der Waals surface area (Å²) in [5, 5.41) is 9.19. The molecule has 88 valence electrons. The Morgan fingerprint density at radius 2 is 2.06 bits per heavy atom. The molecular formula is C12H15ClO3. The molecule has 0 saturated heterocycles. The second-order valence-electron chi connectivity index (χ2n) is 4.57. The summed E-state index contributed by atoms with van der Waals surface area (Å²) in [5.41, 5.74) is 0.764. The summed E-state index contributed by atoms with van der Waals surface area (Å²) in [7, 11) is 0. The van der Waals surface area contributed by atoms with Crippen LogP contribution in [-0.2, 0) is 10.2 Å². The third kappa shape index (κ3) is 3.42. The fourth-order valence-electron chi connectivity index (χ4n) is 1.35. The van der Waals surface area contributed by atoms with Crippen LogP contribution < -0.4 is 4.74 Å². The van der Waals surface area contributed by atoms with E-state index in [1.165, 1.54) is 0 Å². The number of carbonyl (C=O) groups is 1. The minimum absolute atomic E-state index is 0.140. The van der Waals surface area contributed by atoms with Gasteiger partial charge in [0.15, 0.2) is 6.61 Å². The van der Waals surface area contributed by atoms with E-state index in [9.17, 15) is 4.79 Å². The van der Waals surface area contributed by atoms with Crippen LogP contribution in [0, 0.1) is 0 Å². The first-order valence-corrected chi connectivity index (χ1v) is 5.33. The molecule has 3 nitrogen and oxygen atoms in total. The number of halogens is 1. The Kier molecular flexibility index (Phi) is 3.81. The van der Waals surface area contributed by atoms with E-state index in [4.69, 9.17) is 21.4 Å². The number of benzene rings is 1. The van der Waals surface area contributed by atoms with Gasteiger partial charge in [-0.3, -0.25) is 0 Å². The van der Waals surface area contributed by atoms with Gasteiger partial charge in [0.2, 0.25) is 0 Å². The molecule has 0 bridgehead atoms. The molecule has 0 aliphatic rings. The van der Waals surface area contributed by atoms with E-state index in [1.54, 1.807) is 18.2 Å². The van der Waals surface area contributed by atoms with Gasteiger partial charge in [0.05, 0.1) is 0 Å². The minimum atomic E-state index is -0.991. The van der Waals surface area contributed by atoms with Crippen LogP contribution in [0.1, 0.15) is 26.3 Å². The van der Waals surface area contributed by atoms with Crippen molar-refractivity contribution in [2.24, 2.45) is 0 Å². The van der Waals surface area contributed by atoms with Crippen molar-refractivity contribution in [1.82, 2.24) is 0 Å². The summed E-state index contributed by atoms with van der Waals surface area (Å²) < 4.78 is 5.22. The summed E-state index contributed by atoms with van der Waals surface area (Å²) in [6, 6.07) is 5.19.